The summed E-state index contributed by atoms with van der Waals surface area (Å²) in [5.41, 5.74) is 0. The minimum absolute atomic E-state index is 0.111. The first-order valence-corrected chi connectivity index (χ1v) is 3.53. The van der Waals surface area contributed by atoms with Crippen molar-refractivity contribution in [3.63, 3.8) is 0 Å². The van der Waals surface area contributed by atoms with Crippen molar-refractivity contribution in [3.05, 3.63) is 22.1 Å². The number of hydrogen-bond donors (Lipinski definition) is 1. The fourth-order valence-corrected chi connectivity index (χ4v) is 1.36. The lowest BCUT2D eigenvalue weighted by atomic mass is 10.5. The zero-order valence-electron chi connectivity index (χ0n) is 5.15. The summed E-state index contributed by atoms with van der Waals surface area (Å²) in [6.07, 6.45) is 0. The van der Waals surface area contributed by atoms with Gasteiger partial charge in [0.2, 0.25) is 0 Å². The molecule has 3 heteroatoms. The van der Waals surface area contributed by atoms with Crippen molar-refractivity contribution in [3.8, 4) is 0 Å². The first-order valence-electron chi connectivity index (χ1n) is 2.72. The molecule has 50 valence electrons. The molecule has 0 fully saturated rings. The monoisotopic (exact) mass is 145 g/mol. The van der Waals surface area contributed by atoms with Crippen LogP contribution >= 0.6 is 11.3 Å². The molecule has 0 unspecified atom stereocenters. The Bertz CT molecular complexity index is 185. The molecule has 1 aromatic rings. The van der Waals surface area contributed by atoms with Crippen LogP contribution < -0.4 is 5.32 Å². The number of rotatable bonds is 2. The van der Waals surface area contributed by atoms with Gasteiger partial charge in [-0.1, -0.05) is 0 Å². The summed E-state index contributed by atoms with van der Waals surface area (Å²) in [4.78, 5) is 1.04. The van der Waals surface area contributed by atoms with E-state index in [1.54, 1.807) is 6.07 Å². The van der Waals surface area contributed by atoms with E-state index in [2.05, 4.69) is 5.32 Å². The van der Waals surface area contributed by atoms with Crippen molar-refractivity contribution >= 4 is 11.3 Å². The molecule has 0 aliphatic rings. The average Bonchev–Trinajstić information content (AvgIpc) is 2.17. The molecular formula is C6H8FNS. The first kappa shape index (κ1) is 6.71. The number of thiophene rings is 1. The molecule has 0 amide bonds. The maximum atomic E-state index is 12.2. The molecule has 0 atom stereocenters. The minimum Gasteiger partial charge on any atom is -0.315 e. The molecule has 1 rings (SSSR count). The van der Waals surface area contributed by atoms with Gasteiger partial charge in [-0.2, -0.15) is 4.39 Å². The highest BCUT2D eigenvalue weighted by molar-refractivity contribution is 7.10. The summed E-state index contributed by atoms with van der Waals surface area (Å²) in [7, 11) is 1.84. The molecule has 1 N–H and O–H groups in total. The summed E-state index contributed by atoms with van der Waals surface area (Å²) in [6.45, 7) is 0.759. The van der Waals surface area contributed by atoms with E-state index >= 15 is 0 Å². The summed E-state index contributed by atoms with van der Waals surface area (Å²) in [5, 5.41) is 2.83. The fraction of sp³-hybridized carbons (Fsp3) is 0.333. The molecule has 0 aliphatic carbocycles. The molecule has 0 radical (unpaired) electrons. The predicted molar refractivity (Wildman–Crippen MR) is 37.0 cm³/mol. The lowest BCUT2D eigenvalue weighted by Crippen LogP contribution is -2.02. The highest BCUT2D eigenvalue weighted by atomic mass is 32.1. The molecular weight excluding hydrogens is 137 g/mol. The van der Waals surface area contributed by atoms with Gasteiger partial charge in [0, 0.05) is 11.4 Å². The van der Waals surface area contributed by atoms with Crippen LogP contribution in [0.5, 0.6) is 0 Å². The Labute approximate surface area is 57.5 Å². The van der Waals surface area contributed by atoms with Crippen LogP contribution in [0.15, 0.2) is 12.1 Å². The Balaban J connectivity index is 2.61. The molecule has 0 aromatic carbocycles. The summed E-state index contributed by atoms with van der Waals surface area (Å²) in [6, 6.07) is 3.27. The second kappa shape index (κ2) is 2.94. The van der Waals surface area contributed by atoms with Crippen LogP contribution in [0.25, 0.3) is 0 Å². The van der Waals surface area contributed by atoms with Gasteiger partial charge in [0.15, 0.2) is 5.13 Å². The predicted octanol–water partition coefficient (Wildman–Crippen LogP) is 1.61. The van der Waals surface area contributed by atoms with Crippen molar-refractivity contribution in [2.24, 2.45) is 0 Å². The van der Waals surface area contributed by atoms with E-state index < -0.39 is 0 Å². The topological polar surface area (TPSA) is 12.0 Å². The highest BCUT2D eigenvalue weighted by Crippen LogP contribution is 2.13. The quantitative estimate of drug-likeness (QED) is 0.666. The zero-order valence-corrected chi connectivity index (χ0v) is 5.96. The van der Waals surface area contributed by atoms with Crippen molar-refractivity contribution in [2.45, 2.75) is 6.54 Å². The van der Waals surface area contributed by atoms with Crippen LogP contribution in [0, 0.1) is 5.13 Å². The van der Waals surface area contributed by atoms with Crippen LogP contribution in [0.2, 0.25) is 0 Å². The van der Waals surface area contributed by atoms with Crippen LogP contribution in [-0.2, 0) is 6.54 Å². The maximum Gasteiger partial charge on any atom is 0.176 e. The van der Waals surface area contributed by atoms with Gasteiger partial charge in [-0.25, -0.2) is 0 Å². The number of hydrogen-bond acceptors (Lipinski definition) is 2. The van der Waals surface area contributed by atoms with Crippen molar-refractivity contribution in [1.82, 2.24) is 5.32 Å². The molecule has 0 spiro atoms. The molecule has 0 aliphatic heterocycles. The van der Waals surface area contributed by atoms with E-state index in [1.165, 1.54) is 17.4 Å². The minimum atomic E-state index is -0.111. The van der Waals surface area contributed by atoms with E-state index in [1.807, 2.05) is 7.05 Å². The highest BCUT2D eigenvalue weighted by Gasteiger charge is 1.94. The largest absolute Gasteiger partial charge is 0.315 e. The molecule has 0 bridgehead atoms. The SMILES string of the molecule is CNCc1ccc(F)s1. The average molecular weight is 145 g/mol. The Morgan fingerprint density at radius 3 is 2.89 bits per heavy atom. The van der Waals surface area contributed by atoms with Crippen LogP contribution in [-0.4, -0.2) is 7.05 Å². The fourth-order valence-electron chi connectivity index (χ4n) is 0.621. The molecule has 0 saturated carbocycles. The summed E-state index contributed by atoms with van der Waals surface area (Å²) >= 11 is 1.18. The second-order valence-electron chi connectivity index (χ2n) is 1.74. The second-order valence-corrected chi connectivity index (χ2v) is 2.85. The van der Waals surface area contributed by atoms with Crippen molar-refractivity contribution < 1.29 is 4.39 Å². The molecule has 1 nitrogen and oxygen atoms in total. The van der Waals surface area contributed by atoms with Gasteiger partial charge >= 0.3 is 0 Å². The Morgan fingerprint density at radius 2 is 2.44 bits per heavy atom. The normalized spacial score (nSPS) is 10.0. The van der Waals surface area contributed by atoms with Crippen LogP contribution in [0.4, 0.5) is 4.39 Å². The van der Waals surface area contributed by atoms with E-state index in [9.17, 15) is 4.39 Å². The number of halogens is 1. The third-order valence-electron chi connectivity index (χ3n) is 0.980. The lowest BCUT2D eigenvalue weighted by molar-refractivity contribution is 0.657. The molecule has 9 heavy (non-hydrogen) atoms. The van der Waals surface area contributed by atoms with Crippen LogP contribution in [0.1, 0.15) is 4.88 Å². The van der Waals surface area contributed by atoms with E-state index in [4.69, 9.17) is 0 Å². The third kappa shape index (κ3) is 1.77. The molecule has 1 aromatic heterocycles. The van der Waals surface area contributed by atoms with Crippen LogP contribution in [0.3, 0.4) is 0 Å². The Morgan fingerprint density at radius 1 is 1.67 bits per heavy atom. The Kier molecular flexibility index (Phi) is 2.19. The van der Waals surface area contributed by atoms with Crippen molar-refractivity contribution in [1.29, 1.82) is 0 Å². The lowest BCUT2D eigenvalue weighted by Gasteiger charge is -1.89. The van der Waals surface area contributed by atoms with Gasteiger partial charge in [0.1, 0.15) is 0 Å². The van der Waals surface area contributed by atoms with E-state index in [0.29, 0.717) is 0 Å². The van der Waals surface area contributed by atoms with E-state index in [-0.39, 0.29) is 5.13 Å². The van der Waals surface area contributed by atoms with Gasteiger partial charge in [-0.05, 0) is 19.2 Å². The maximum absolute atomic E-state index is 12.2. The standard InChI is InChI=1S/C6H8FNS/c1-8-4-5-2-3-6(7)9-5/h2-3,8H,4H2,1H3. The smallest absolute Gasteiger partial charge is 0.176 e. The first-order chi connectivity index (χ1) is 4.33. The van der Waals surface area contributed by atoms with Gasteiger partial charge in [-0.15, -0.1) is 11.3 Å². The number of nitrogens with one attached hydrogen (secondary N) is 1. The zero-order chi connectivity index (χ0) is 6.69. The van der Waals surface area contributed by atoms with Gasteiger partial charge < -0.3 is 5.32 Å². The van der Waals surface area contributed by atoms with Crippen molar-refractivity contribution in [2.75, 3.05) is 7.05 Å². The third-order valence-corrected chi connectivity index (χ3v) is 1.85. The van der Waals surface area contributed by atoms with Gasteiger partial charge in [0.25, 0.3) is 0 Å². The molecule has 1 heterocycles. The van der Waals surface area contributed by atoms with E-state index in [0.717, 1.165) is 11.4 Å². The Hall–Kier alpha value is -0.410. The summed E-state index contributed by atoms with van der Waals surface area (Å²) < 4.78 is 12.2. The molecule has 0 saturated heterocycles. The van der Waals surface area contributed by atoms with Gasteiger partial charge in [0.05, 0.1) is 0 Å². The summed E-state index contributed by atoms with van der Waals surface area (Å²) in [5.74, 6) is 0. The van der Waals surface area contributed by atoms with Gasteiger partial charge in [-0.3, -0.25) is 0 Å².